The van der Waals surface area contributed by atoms with Gasteiger partial charge in [-0.3, -0.25) is 4.79 Å². The smallest absolute Gasteiger partial charge is 0.220 e. The zero-order valence-electron chi connectivity index (χ0n) is 11.1. The first-order valence-electron chi connectivity index (χ1n) is 6.40. The van der Waals surface area contributed by atoms with E-state index in [0.717, 1.165) is 6.42 Å². The number of nitrogens with two attached hydrogens (primary N) is 1. The second-order valence-electron chi connectivity index (χ2n) is 4.37. The molecule has 0 heterocycles. The van der Waals surface area contributed by atoms with E-state index in [1.54, 1.807) is 6.07 Å². The number of para-hydroxylation sites is 2. The summed E-state index contributed by atoms with van der Waals surface area (Å²) in [5.74, 6) is 0.758. The van der Waals surface area contributed by atoms with Crippen molar-refractivity contribution in [1.82, 2.24) is 5.32 Å². The van der Waals surface area contributed by atoms with Crippen LogP contribution in [0.1, 0.15) is 33.1 Å². The van der Waals surface area contributed by atoms with E-state index in [4.69, 9.17) is 10.5 Å². The van der Waals surface area contributed by atoms with Gasteiger partial charge in [-0.15, -0.1) is 0 Å². The highest BCUT2D eigenvalue weighted by molar-refractivity contribution is 5.76. The molecule has 0 saturated carbocycles. The highest BCUT2D eigenvalue weighted by Gasteiger charge is 2.05. The number of hydrogen-bond acceptors (Lipinski definition) is 3. The van der Waals surface area contributed by atoms with Crippen LogP contribution in [0.15, 0.2) is 24.3 Å². The third kappa shape index (κ3) is 5.08. The number of carbonyl (C=O) groups excluding carboxylic acids is 1. The van der Waals surface area contributed by atoms with Crippen LogP contribution in [0.2, 0.25) is 0 Å². The molecule has 0 aliphatic rings. The predicted octanol–water partition coefficient (Wildman–Crippen LogP) is 2.34. The van der Waals surface area contributed by atoms with Crippen molar-refractivity contribution in [2.75, 3.05) is 12.3 Å². The second kappa shape index (κ2) is 7.58. The molecule has 1 amide bonds. The minimum atomic E-state index is 0.0778. The number of hydrogen-bond donors (Lipinski definition) is 2. The number of benzene rings is 1. The van der Waals surface area contributed by atoms with Crippen molar-refractivity contribution in [3.63, 3.8) is 0 Å². The lowest BCUT2D eigenvalue weighted by Gasteiger charge is -2.11. The molecule has 18 heavy (non-hydrogen) atoms. The molecule has 4 heteroatoms. The molecule has 0 bridgehead atoms. The fourth-order valence-electron chi connectivity index (χ4n) is 1.48. The summed E-state index contributed by atoms with van der Waals surface area (Å²) in [6.07, 6.45) is 2.12. The summed E-state index contributed by atoms with van der Waals surface area (Å²) >= 11 is 0. The lowest BCUT2D eigenvalue weighted by molar-refractivity contribution is -0.121. The van der Waals surface area contributed by atoms with E-state index in [9.17, 15) is 4.79 Å². The van der Waals surface area contributed by atoms with Crippen LogP contribution >= 0.6 is 0 Å². The van der Waals surface area contributed by atoms with Gasteiger partial charge in [-0.2, -0.15) is 0 Å². The quantitative estimate of drug-likeness (QED) is 0.576. The monoisotopic (exact) mass is 250 g/mol. The molecule has 1 unspecified atom stereocenters. The topological polar surface area (TPSA) is 64.3 Å². The average Bonchev–Trinajstić information content (AvgIpc) is 2.36. The number of anilines is 1. The number of nitrogen functional groups attached to an aromatic ring is 1. The maximum atomic E-state index is 11.5. The van der Waals surface area contributed by atoms with Crippen molar-refractivity contribution < 1.29 is 9.53 Å². The molecular weight excluding hydrogens is 228 g/mol. The van der Waals surface area contributed by atoms with E-state index < -0.39 is 0 Å². The third-order valence-corrected chi connectivity index (χ3v) is 2.74. The van der Waals surface area contributed by atoms with Gasteiger partial charge in [0, 0.05) is 12.5 Å². The van der Waals surface area contributed by atoms with Crippen LogP contribution in [-0.2, 0) is 4.79 Å². The Morgan fingerprint density at radius 3 is 2.83 bits per heavy atom. The van der Waals surface area contributed by atoms with Crippen LogP contribution in [0.4, 0.5) is 5.69 Å². The van der Waals surface area contributed by atoms with Crippen LogP contribution in [-0.4, -0.2) is 18.6 Å². The van der Waals surface area contributed by atoms with Gasteiger partial charge < -0.3 is 15.8 Å². The average molecular weight is 250 g/mol. The largest absolute Gasteiger partial charge is 0.491 e. The SMILES string of the molecule is CCC(C)NC(=O)CCCOc1ccccc1N. The summed E-state index contributed by atoms with van der Waals surface area (Å²) in [4.78, 5) is 11.5. The van der Waals surface area contributed by atoms with Gasteiger partial charge in [-0.25, -0.2) is 0 Å². The zero-order chi connectivity index (χ0) is 13.4. The first-order chi connectivity index (χ1) is 8.63. The minimum Gasteiger partial charge on any atom is -0.491 e. The van der Waals surface area contributed by atoms with Crippen LogP contribution in [0.3, 0.4) is 0 Å². The highest BCUT2D eigenvalue weighted by atomic mass is 16.5. The Bertz CT molecular complexity index is 380. The van der Waals surface area contributed by atoms with Crippen molar-refractivity contribution >= 4 is 11.6 Å². The van der Waals surface area contributed by atoms with E-state index >= 15 is 0 Å². The first kappa shape index (κ1) is 14.4. The number of rotatable bonds is 7. The van der Waals surface area contributed by atoms with Gasteiger partial charge in [0.2, 0.25) is 5.91 Å². The fraction of sp³-hybridized carbons (Fsp3) is 0.500. The molecule has 0 aliphatic carbocycles. The number of ether oxygens (including phenoxy) is 1. The van der Waals surface area contributed by atoms with Gasteiger partial charge in [0.1, 0.15) is 5.75 Å². The summed E-state index contributed by atoms with van der Waals surface area (Å²) < 4.78 is 5.51. The molecule has 0 spiro atoms. The molecule has 0 radical (unpaired) electrons. The maximum absolute atomic E-state index is 11.5. The summed E-state index contributed by atoms with van der Waals surface area (Å²) in [6.45, 7) is 4.55. The predicted molar refractivity (Wildman–Crippen MR) is 73.5 cm³/mol. The standard InChI is InChI=1S/C14H22N2O2/c1-3-11(2)16-14(17)9-6-10-18-13-8-5-4-7-12(13)15/h4-5,7-8,11H,3,6,9-10,15H2,1-2H3,(H,16,17). The number of amides is 1. The third-order valence-electron chi connectivity index (χ3n) is 2.74. The Labute approximate surface area is 109 Å². The van der Waals surface area contributed by atoms with Crippen molar-refractivity contribution in [3.05, 3.63) is 24.3 Å². The molecule has 100 valence electrons. The molecule has 0 saturated heterocycles. The van der Waals surface area contributed by atoms with Crippen LogP contribution in [0.25, 0.3) is 0 Å². The molecule has 0 aliphatic heterocycles. The summed E-state index contributed by atoms with van der Waals surface area (Å²) in [5.41, 5.74) is 6.37. The molecule has 0 aromatic heterocycles. The minimum absolute atomic E-state index is 0.0778. The Balaban J connectivity index is 2.19. The second-order valence-corrected chi connectivity index (χ2v) is 4.37. The van der Waals surface area contributed by atoms with Gasteiger partial charge >= 0.3 is 0 Å². The Hall–Kier alpha value is -1.71. The summed E-state index contributed by atoms with van der Waals surface area (Å²) in [7, 11) is 0. The summed E-state index contributed by atoms with van der Waals surface area (Å²) in [5, 5.41) is 2.92. The molecule has 1 aromatic carbocycles. The number of carbonyl (C=O) groups is 1. The van der Waals surface area contributed by atoms with Crippen molar-refractivity contribution in [3.8, 4) is 5.75 Å². The molecule has 0 fully saturated rings. The Morgan fingerprint density at radius 2 is 2.17 bits per heavy atom. The van der Waals surface area contributed by atoms with Gasteiger partial charge in [-0.05, 0) is 31.9 Å². The number of nitrogens with one attached hydrogen (secondary N) is 1. The van der Waals surface area contributed by atoms with Gasteiger partial charge in [0.05, 0.1) is 12.3 Å². The molecule has 3 N–H and O–H groups in total. The molecule has 1 aromatic rings. The summed E-state index contributed by atoms with van der Waals surface area (Å²) in [6, 6.07) is 7.60. The first-order valence-corrected chi connectivity index (χ1v) is 6.40. The van der Waals surface area contributed by atoms with Crippen LogP contribution in [0.5, 0.6) is 5.75 Å². The van der Waals surface area contributed by atoms with Gasteiger partial charge in [0.25, 0.3) is 0 Å². The Morgan fingerprint density at radius 1 is 1.44 bits per heavy atom. The van der Waals surface area contributed by atoms with E-state index in [1.807, 2.05) is 32.0 Å². The zero-order valence-corrected chi connectivity index (χ0v) is 11.1. The lowest BCUT2D eigenvalue weighted by atomic mass is 10.2. The van der Waals surface area contributed by atoms with Gasteiger partial charge in [0.15, 0.2) is 0 Å². The maximum Gasteiger partial charge on any atom is 0.220 e. The molecule has 1 rings (SSSR count). The Kier molecular flexibility index (Phi) is 6.05. The van der Waals surface area contributed by atoms with Gasteiger partial charge in [-0.1, -0.05) is 19.1 Å². The van der Waals surface area contributed by atoms with Crippen molar-refractivity contribution in [2.45, 2.75) is 39.2 Å². The lowest BCUT2D eigenvalue weighted by Crippen LogP contribution is -2.31. The van der Waals surface area contributed by atoms with Crippen LogP contribution < -0.4 is 15.8 Å². The molecule has 1 atom stereocenters. The van der Waals surface area contributed by atoms with Crippen molar-refractivity contribution in [2.24, 2.45) is 0 Å². The highest BCUT2D eigenvalue weighted by Crippen LogP contribution is 2.19. The molecular formula is C14H22N2O2. The van der Waals surface area contributed by atoms with Crippen LogP contribution in [0, 0.1) is 0 Å². The molecule has 4 nitrogen and oxygen atoms in total. The van der Waals surface area contributed by atoms with E-state index in [1.165, 1.54) is 0 Å². The van der Waals surface area contributed by atoms with E-state index in [-0.39, 0.29) is 11.9 Å². The van der Waals surface area contributed by atoms with E-state index in [0.29, 0.717) is 30.9 Å². The van der Waals surface area contributed by atoms with E-state index in [2.05, 4.69) is 5.32 Å². The normalized spacial score (nSPS) is 11.9. The fourth-order valence-corrected chi connectivity index (χ4v) is 1.48. The van der Waals surface area contributed by atoms with Crippen molar-refractivity contribution in [1.29, 1.82) is 0 Å².